The molecule has 11 atom stereocenters. The zero-order valence-electron chi connectivity index (χ0n) is 50.1. The smallest absolute Gasteiger partial charge is 0.307 e. The van der Waals surface area contributed by atoms with Crippen LogP contribution in [-0.4, -0.2) is 145 Å². The minimum absolute atomic E-state index is 0.0201. The fourth-order valence-electron chi connectivity index (χ4n) is 11.0. The molecule has 2 aliphatic rings. The summed E-state index contributed by atoms with van der Waals surface area (Å²) in [6.45, 7) is 3.85. The number of amides is 4. The number of fused-ring (bicyclic) bond motifs is 1. The summed E-state index contributed by atoms with van der Waals surface area (Å²) in [4.78, 5) is 132. The summed E-state index contributed by atoms with van der Waals surface area (Å²) in [6, 6.07) is 31.3. The highest BCUT2D eigenvalue weighted by Gasteiger charge is 2.39. The lowest BCUT2D eigenvalue weighted by atomic mass is 9.81. The van der Waals surface area contributed by atoms with Crippen molar-refractivity contribution < 1.29 is 53.4 Å². The molecule has 4 amide bonds. The number of nitrogens with two attached hydrogens (primary N) is 2. The highest BCUT2D eigenvalue weighted by molar-refractivity contribution is 8.76. The van der Waals surface area contributed by atoms with Crippen LogP contribution < -0.4 is 27.4 Å². The molecule has 0 aromatic heterocycles. The molecule has 2 heterocycles. The number of aryl methyl sites for hydroxylation is 1. The Morgan fingerprint density at radius 3 is 1.85 bits per heavy atom. The quantitative estimate of drug-likeness (QED) is 0.0349. The molecule has 5 aromatic carbocycles. The van der Waals surface area contributed by atoms with Gasteiger partial charge in [0.15, 0.2) is 11.6 Å². The molecule has 0 aliphatic carbocycles. The number of carboxylic acids is 1. The zero-order chi connectivity index (χ0) is 63.3. The Morgan fingerprint density at radius 1 is 0.614 bits per heavy atom. The third-order valence-electron chi connectivity index (χ3n) is 16.4. The summed E-state index contributed by atoms with van der Waals surface area (Å²) in [7, 11) is 3.60. The van der Waals surface area contributed by atoms with Crippen LogP contribution in [0.15, 0.2) is 127 Å². The number of hydrogen-bond donors (Lipinski definition) is 7. The van der Waals surface area contributed by atoms with Gasteiger partial charge in [0.05, 0.1) is 36.1 Å². The number of unbranched alkanes of at least 4 members (excludes halogenated alkanes) is 1. The molecule has 2 saturated heterocycles. The maximum Gasteiger partial charge on any atom is 0.307 e. The second kappa shape index (κ2) is 34.6. The topological polar surface area (TPSA) is 285 Å². The zero-order valence-corrected chi connectivity index (χ0v) is 53.4. The maximum absolute atomic E-state index is 15.4. The molecule has 0 spiro atoms. The molecule has 17 nitrogen and oxygen atoms in total. The number of thioether (sulfide) groups is 2. The first kappa shape index (κ1) is 69.1. The van der Waals surface area contributed by atoms with Crippen LogP contribution in [0.25, 0.3) is 10.8 Å². The van der Waals surface area contributed by atoms with Gasteiger partial charge in [-0.3, -0.25) is 43.2 Å². The lowest BCUT2D eigenvalue weighted by Gasteiger charge is -2.31. The minimum atomic E-state index is -1.60. The predicted molar refractivity (Wildman–Crippen MR) is 352 cm³/mol. The number of aliphatic hydroxyl groups is 1. The molecule has 470 valence electrons. The van der Waals surface area contributed by atoms with Gasteiger partial charge in [-0.15, -0.1) is 23.5 Å². The molecular weight excluding hydrogens is 1190 g/mol. The van der Waals surface area contributed by atoms with Crippen LogP contribution in [0, 0.1) is 17.8 Å². The summed E-state index contributed by atoms with van der Waals surface area (Å²) in [5.74, 6) is -10.4. The molecule has 9 N–H and O–H groups in total. The van der Waals surface area contributed by atoms with Crippen LogP contribution in [0.1, 0.15) is 97.8 Å². The summed E-state index contributed by atoms with van der Waals surface area (Å²) >= 11 is 3.90. The van der Waals surface area contributed by atoms with Gasteiger partial charge in [-0.2, -0.15) is 0 Å². The highest BCUT2D eigenvalue weighted by atomic mass is 33.1. The number of nitrogens with one attached hydrogen (secondary N) is 3. The van der Waals surface area contributed by atoms with Crippen molar-refractivity contribution >= 4 is 109 Å². The van der Waals surface area contributed by atoms with Crippen molar-refractivity contribution in [1.29, 1.82) is 0 Å². The van der Waals surface area contributed by atoms with Gasteiger partial charge in [-0.05, 0) is 104 Å². The molecule has 21 heteroatoms. The lowest BCUT2D eigenvalue weighted by Crippen LogP contribution is -2.57. The number of aliphatic carboxylic acids is 1. The Hall–Kier alpha value is -6.33. The van der Waals surface area contributed by atoms with Gasteiger partial charge in [0.1, 0.15) is 23.7 Å². The van der Waals surface area contributed by atoms with E-state index in [1.807, 2.05) is 72.1 Å². The molecule has 2 unspecified atom stereocenters. The van der Waals surface area contributed by atoms with Crippen LogP contribution in [0.4, 0.5) is 0 Å². The molecule has 2 fully saturated rings. The van der Waals surface area contributed by atoms with Gasteiger partial charge >= 0.3 is 5.97 Å². The van der Waals surface area contributed by atoms with Gasteiger partial charge in [0, 0.05) is 77.7 Å². The first-order chi connectivity index (χ1) is 42.3. The Kier molecular flexibility index (Phi) is 27.2. The number of carbonyl (C=O) groups excluding carboxylic acids is 8. The molecule has 88 heavy (non-hydrogen) atoms. The summed E-state index contributed by atoms with van der Waals surface area (Å²) < 4.78 is 0. The van der Waals surface area contributed by atoms with Crippen LogP contribution in [0.2, 0.25) is 0 Å². The SMILES string of the molecule is CC1SCS[C@H]1CCc1ccc(C[C@@H]2NC(=O)[C@H](Cc3ccccc3)NC(=O)[C@H](N)CSSC[C@@H](C(=O)O)CC(=O)[C@H](Cc3ccccc3)CC(=O)[C@H](C(C)O)CC(=O)[C@H](CCCCN)NC(=O)[C@@H](N(C)C(=O)c3ccc4ccccc4c3)CC2=O)cc1. The van der Waals surface area contributed by atoms with E-state index in [4.69, 9.17) is 11.5 Å². The van der Waals surface area contributed by atoms with Crippen molar-refractivity contribution in [3.8, 4) is 0 Å². The largest absolute Gasteiger partial charge is 0.481 e. The lowest BCUT2D eigenvalue weighted by molar-refractivity contribution is -0.143. The Labute approximate surface area is 532 Å². The van der Waals surface area contributed by atoms with E-state index in [0.29, 0.717) is 40.0 Å². The van der Waals surface area contributed by atoms with Crippen LogP contribution >= 0.6 is 45.1 Å². The van der Waals surface area contributed by atoms with E-state index in [2.05, 4.69) is 22.9 Å². The number of likely N-dealkylation sites (N-methyl/N-ethyl adjacent to an activating group) is 1. The Morgan fingerprint density at radius 2 is 1.20 bits per heavy atom. The van der Waals surface area contributed by atoms with E-state index in [1.165, 1.54) is 14.0 Å². The van der Waals surface area contributed by atoms with E-state index in [0.717, 1.165) is 60.8 Å². The van der Waals surface area contributed by atoms with Gasteiger partial charge in [0.2, 0.25) is 17.7 Å². The number of Topliss-reactive ketones (excluding diaryl/α,β-unsaturated/α-hetero) is 4. The molecule has 0 radical (unpaired) electrons. The molecule has 5 aromatic rings. The summed E-state index contributed by atoms with van der Waals surface area (Å²) in [5, 5.41) is 33.9. The average Bonchev–Trinajstić information content (AvgIpc) is 3.72. The molecule has 0 bridgehead atoms. The molecular formula is C67H82N6O11S4. The summed E-state index contributed by atoms with van der Waals surface area (Å²) in [5.41, 5.74) is 15.8. The fraction of sp³-hybridized carbons (Fsp3) is 0.448. The van der Waals surface area contributed by atoms with Gasteiger partial charge < -0.3 is 42.5 Å². The van der Waals surface area contributed by atoms with E-state index >= 15 is 9.59 Å². The van der Waals surface area contributed by atoms with Gasteiger partial charge in [-0.25, -0.2) is 0 Å². The minimum Gasteiger partial charge on any atom is -0.481 e. The summed E-state index contributed by atoms with van der Waals surface area (Å²) in [6.07, 6.45) is -0.910. The number of carboxylic acid groups (broad SMARTS) is 1. The fourth-order valence-corrected chi connectivity index (χ4v) is 16.7. The monoisotopic (exact) mass is 1270 g/mol. The van der Waals surface area contributed by atoms with Crippen molar-refractivity contribution in [2.75, 3.05) is 30.2 Å². The third kappa shape index (κ3) is 20.6. The van der Waals surface area contributed by atoms with Crippen LogP contribution in [0.5, 0.6) is 0 Å². The van der Waals surface area contributed by atoms with E-state index in [-0.39, 0.29) is 49.3 Å². The highest BCUT2D eigenvalue weighted by Crippen LogP contribution is 2.39. The Balaban J connectivity index is 1.28. The van der Waals surface area contributed by atoms with Crippen molar-refractivity contribution in [1.82, 2.24) is 20.9 Å². The number of nitrogens with zero attached hydrogens (tertiary/aromatic N) is 1. The third-order valence-corrected chi connectivity index (χ3v) is 22.2. The van der Waals surface area contributed by atoms with Gasteiger partial charge in [0.25, 0.3) is 5.91 Å². The standard InChI is InChI=1S/C67H82N6O11S4/c1-41(74)52-36-60(77)54(20-12-13-29-68)70-65(81)57(73(3)66(82)49-27-26-47-18-10-11-19-48(47)33-49)37-61(78)55(31-46-23-21-43(22-24-46)25-28-62-42(2)85-40-86-62)71-64(80)56(32-45-16-8-5-9-17-45)72-63(79)53(69)39-88-87-38-51(67(83)84)35-58(75)50(34-59(52)76)30-44-14-6-4-7-15-44/h4-11,14-19,21-24,26-27,33,41-42,50-57,62,74H,12-13,20,25,28-32,34-40,68-69H2,1-3H3,(H,70,81)(H,71,80)(H,72,79)(H,83,84)/t41?,42?,50-,51+,52+,53-,54+,55+,56+,57+,62+/m1/s1. The van der Waals surface area contributed by atoms with Gasteiger partial charge in [-0.1, -0.05) is 144 Å². The van der Waals surface area contributed by atoms with Crippen molar-refractivity contribution in [2.24, 2.45) is 29.2 Å². The molecule has 2 aliphatic heterocycles. The van der Waals surface area contributed by atoms with Crippen LogP contribution in [-0.2, 0) is 64.0 Å². The van der Waals surface area contributed by atoms with Crippen LogP contribution in [0.3, 0.4) is 0 Å². The predicted octanol–water partition coefficient (Wildman–Crippen LogP) is 7.59. The van der Waals surface area contributed by atoms with Crippen molar-refractivity contribution in [3.05, 3.63) is 155 Å². The number of ketones is 4. The number of carbonyl (C=O) groups is 9. The number of hydrogen-bond acceptors (Lipinski definition) is 16. The number of rotatable bonds is 17. The second-order valence-corrected chi connectivity index (χ2v) is 28.5. The Bertz CT molecular complexity index is 3200. The van der Waals surface area contributed by atoms with E-state index in [9.17, 15) is 43.8 Å². The molecule has 7 rings (SSSR count). The van der Waals surface area contributed by atoms with Crippen molar-refractivity contribution in [3.63, 3.8) is 0 Å². The van der Waals surface area contributed by atoms with E-state index < -0.39 is 132 Å². The first-order valence-electron chi connectivity index (χ1n) is 30.1. The van der Waals surface area contributed by atoms with E-state index in [1.54, 1.807) is 78.9 Å². The van der Waals surface area contributed by atoms with Crippen molar-refractivity contribution in [2.45, 2.75) is 138 Å². The first-order valence-corrected chi connectivity index (χ1v) is 34.6. The maximum atomic E-state index is 15.4. The normalized spacial score (nSPS) is 24.9. The second-order valence-electron chi connectivity index (χ2n) is 23.0. The number of aliphatic hydroxyl groups excluding tert-OH is 1. The number of benzene rings is 5. The average molecular weight is 1280 g/mol. The molecule has 0 saturated carbocycles.